The van der Waals surface area contributed by atoms with E-state index in [1.807, 2.05) is 49.5 Å². The molecule has 0 aliphatic carbocycles. The molecule has 126 valence electrons. The van der Waals surface area contributed by atoms with Crippen LogP contribution in [0.1, 0.15) is 11.3 Å². The van der Waals surface area contributed by atoms with Crippen LogP contribution < -0.4 is 4.90 Å². The summed E-state index contributed by atoms with van der Waals surface area (Å²) in [6.07, 6.45) is 1.69. The molecule has 0 amide bonds. The Labute approximate surface area is 151 Å². The predicted molar refractivity (Wildman–Crippen MR) is 102 cm³/mol. The fourth-order valence-electron chi connectivity index (χ4n) is 3.07. The predicted octanol–water partition coefficient (Wildman–Crippen LogP) is 6.29. The zero-order valence-corrected chi connectivity index (χ0v) is 14.9. The van der Waals surface area contributed by atoms with Crippen molar-refractivity contribution in [2.45, 2.75) is 13.5 Å². The van der Waals surface area contributed by atoms with Crippen LogP contribution in [0.5, 0.6) is 0 Å². The highest BCUT2D eigenvalue weighted by Gasteiger charge is 2.20. The zero-order chi connectivity index (χ0) is 17.4. The number of halogens is 1. The van der Waals surface area contributed by atoms with Gasteiger partial charge >= 0.3 is 0 Å². The highest BCUT2D eigenvalue weighted by molar-refractivity contribution is 6.30. The van der Waals surface area contributed by atoms with Gasteiger partial charge in [0.25, 0.3) is 0 Å². The van der Waals surface area contributed by atoms with Crippen molar-refractivity contribution in [2.24, 2.45) is 0 Å². The van der Waals surface area contributed by atoms with Crippen molar-refractivity contribution in [1.82, 2.24) is 0 Å². The molecular weight excluding hydrogens is 334 g/mol. The third kappa shape index (κ3) is 3.03. The lowest BCUT2D eigenvalue weighted by Crippen LogP contribution is -2.15. The molecule has 4 aromatic rings. The van der Waals surface area contributed by atoms with E-state index in [9.17, 15) is 0 Å². The highest BCUT2D eigenvalue weighted by Crippen LogP contribution is 2.41. The van der Waals surface area contributed by atoms with Crippen LogP contribution in [0.4, 0.5) is 5.88 Å². The Bertz CT molecular complexity index is 1000. The smallest absolute Gasteiger partial charge is 0.204 e. The second-order valence-electron chi connectivity index (χ2n) is 6.22. The van der Waals surface area contributed by atoms with Crippen LogP contribution in [0.15, 0.2) is 69.7 Å². The summed E-state index contributed by atoms with van der Waals surface area (Å²) in [5.74, 6) is 1.71. The number of aryl methyl sites for hydroxylation is 1. The van der Waals surface area contributed by atoms with E-state index in [1.165, 1.54) is 5.56 Å². The summed E-state index contributed by atoms with van der Waals surface area (Å²) in [6.45, 7) is 2.72. The van der Waals surface area contributed by atoms with Gasteiger partial charge in [-0.25, -0.2) is 0 Å². The molecule has 0 radical (unpaired) electrons. The minimum absolute atomic E-state index is 0.631. The lowest BCUT2D eigenvalue weighted by atomic mass is 10.0. The van der Waals surface area contributed by atoms with Crippen LogP contribution >= 0.6 is 11.6 Å². The van der Waals surface area contributed by atoms with Crippen LogP contribution in [0.3, 0.4) is 0 Å². The van der Waals surface area contributed by atoms with Gasteiger partial charge in [-0.15, -0.1) is 0 Å². The summed E-state index contributed by atoms with van der Waals surface area (Å²) < 4.78 is 11.7. The number of fused-ring (bicyclic) bond motifs is 1. The van der Waals surface area contributed by atoms with Gasteiger partial charge in [0.05, 0.1) is 18.4 Å². The molecule has 25 heavy (non-hydrogen) atoms. The fraction of sp³-hybridized carbons (Fsp3) is 0.143. The number of nitrogens with zero attached hydrogens (tertiary/aromatic N) is 1. The second kappa shape index (κ2) is 6.34. The number of furan rings is 2. The number of rotatable bonds is 4. The lowest BCUT2D eigenvalue weighted by molar-refractivity contribution is 0.497. The monoisotopic (exact) mass is 351 g/mol. The van der Waals surface area contributed by atoms with E-state index in [-0.39, 0.29) is 0 Å². The summed E-state index contributed by atoms with van der Waals surface area (Å²) in [5.41, 5.74) is 4.22. The SMILES string of the molecule is Cc1ccc2oc(N(C)Cc3ccco3)c(-c3ccc(Cl)cc3)c2c1. The number of hydrogen-bond acceptors (Lipinski definition) is 3. The van der Waals surface area contributed by atoms with Gasteiger partial charge in [-0.1, -0.05) is 35.4 Å². The maximum atomic E-state index is 6.20. The van der Waals surface area contributed by atoms with Crippen molar-refractivity contribution >= 4 is 28.5 Å². The van der Waals surface area contributed by atoms with Crippen molar-refractivity contribution in [2.75, 3.05) is 11.9 Å². The molecule has 0 saturated heterocycles. The van der Waals surface area contributed by atoms with Crippen LogP contribution in [-0.4, -0.2) is 7.05 Å². The van der Waals surface area contributed by atoms with Crippen LogP contribution in [0, 0.1) is 6.92 Å². The Balaban J connectivity index is 1.87. The Morgan fingerprint density at radius 1 is 1.04 bits per heavy atom. The Morgan fingerprint density at radius 3 is 2.56 bits per heavy atom. The fourth-order valence-corrected chi connectivity index (χ4v) is 3.20. The molecule has 0 fully saturated rings. The molecule has 0 aliphatic rings. The van der Waals surface area contributed by atoms with Crippen molar-refractivity contribution in [1.29, 1.82) is 0 Å². The molecule has 0 saturated carbocycles. The summed E-state index contributed by atoms with van der Waals surface area (Å²) in [5, 5.41) is 1.82. The Hall–Kier alpha value is -2.65. The first-order chi connectivity index (χ1) is 12.1. The van der Waals surface area contributed by atoms with Crippen molar-refractivity contribution in [3.05, 3.63) is 77.2 Å². The molecule has 2 heterocycles. The van der Waals surface area contributed by atoms with Crippen LogP contribution in [0.25, 0.3) is 22.1 Å². The maximum Gasteiger partial charge on any atom is 0.204 e. The molecule has 4 rings (SSSR count). The number of anilines is 1. The average molecular weight is 352 g/mol. The number of hydrogen-bond donors (Lipinski definition) is 0. The summed E-state index contributed by atoms with van der Waals surface area (Å²) >= 11 is 6.07. The molecule has 3 nitrogen and oxygen atoms in total. The van der Waals surface area contributed by atoms with E-state index in [0.29, 0.717) is 6.54 Å². The Morgan fingerprint density at radius 2 is 1.84 bits per heavy atom. The molecule has 0 spiro atoms. The van der Waals surface area contributed by atoms with E-state index >= 15 is 0 Å². The van der Waals surface area contributed by atoms with Gasteiger partial charge < -0.3 is 13.7 Å². The molecule has 2 aromatic carbocycles. The standard InChI is InChI=1S/C21H18ClNO2/c1-14-5-10-19-18(12-14)20(15-6-8-16(22)9-7-15)21(25-19)23(2)13-17-4-3-11-24-17/h3-12H,13H2,1-2H3. The maximum absolute atomic E-state index is 6.20. The van der Waals surface area contributed by atoms with E-state index in [4.69, 9.17) is 20.4 Å². The molecule has 0 bridgehead atoms. The van der Waals surface area contributed by atoms with Crippen molar-refractivity contribution in [3.63, 3.8) is 0 Å². The van der Waals surface area contributed by atoms with Gasteiger partial charge in [0.2, 0.25) is 5.88 Å². The molecule has 0 atom stereocenters. The van der Waals surface area contributed by atoms with Gasteiger partial charge in [0.15, 0.2) is 0 Å². The van der Waals surface area contributed by atoms with Gasteiger partial charge in [-0.05, 0) is 48.9 Å². The quantitative estimate of drug-likeness (QED) is 0.432. The third-order valence-corrected chi connectivity index (χ3v) is 4.53. The van der Waals surface area contributed by atoms with Crippen molar-refractivity contribution < 1.29 is 8.83 Å². The molecular formula is C21H18ClNO2. The molecule has 2 aromatic heterocycles. The van der Waals surface area contributed by atoms with Gasteiger partial charge in [-0.3, -0.25) is 0 Å². The van der Waals surface area contributed by atoms with Crippen molar-refractivity contribution in [3.8, 4) is 11.1 Å². The van der Waals surface area contributed by atoms with E-state index < -0.39 is 0 Å². The zero-order valence-electron chi connectivity index (χ0n) is 14.1. The Kier molecular flexibility index (Phi) is 4.02. The largest absolute Gasteiger partial charge is 0.467 e. The normalized spacial score (nSPS) is 11.2. The van der Waals surface area contributed by atoms with E-state index in [2.05, 4.69) is 24.0 Å². The van der Waals surface area contributed by atoms with Crippen LogP contribution in [0.2, 0.25) is 5.02 Å². The number of benzene rings is 2. The van der Waals surface area contributed by atoms with Gasteiger partial charge in [0, 0.05) is 17.5 Å². The third-order valence-electron chi connectivity index (χ3n) is 4.28. The lowest BCUT2D eigenvalue weighted by Gasteiger charge is -2.16. The molecule has 4 heteroatoms. The average Bonchev–Trinajstić information content (AvgIpc) is 3.23. The second-order valence-corrected chi connectivity index (χ2v) is 6.66. The topological polar surface area (TPSA) is 29.5 Å². The molecule has 0 unspecified atom stereocenters. The minimum atomic E-state index is 0.631. The molecule has 0 N–H and O–H groups in total. The first-order valence-electron chi connectivity index (χ1n) is 8.14. The summed E-state index contributed by atoms with van der Waals surface area (Å²) in [7, 11) is 2.01. The van der Waals surface area contributed by atoms with E-state index in [1.54, 1.807) is 6.26 Å². The van der Waals surface area contributed by atoms with Gasteiger partial charge in [-0.2, -0.15) is 0 Å². The minimum Gasteiger partial charge on any atom is -0.467 e. The molecule has 0 aliphatic heterocycles. The summed E-state index contributed by atoms with van der Waals surface area (Å²) in [6, 6.07) is 18.0. The first-order valence-corrected chi connectivity index (χ1v) is 8.52. The van der Waals surface area contributed by atoms with Crippen LogP contribution in [-0.2, 0) is 6.54 Å². The highest BCUT2D eigenvalue weighted by atomic mass is 35.5. The van der Waals surface area contributed by atoms with E-state index in [0.717, 1.165) is 38.8 Å². The summed E-state index contributed by atoms with van der Waals surface area (Å²) in [4.78, 5) is 2.07. The first kappa shape index (κ1) is 15.9. The van der Waals surface area contributed by atoms with Gasteiger partial charge in [0.1, 0.15) is 11.3 Å².